The van der Waals surface area contributed by atoms with Gasteiger partial charge in [0.15, 0.2) is 0 Å². The summed E-state index contributed by atoms with van der Waals surface area (Å²) in [7, 11) is 0. The maximum absolute atomic E-state index is 11.1. The van der Waals surface area contributed by atoms with Crippen molar-refractivity contribution >= 4 is 23.0 Å². The van der Waals surface area contributed by atoms with Crippen LogP contribution in [0.15, 0.2) is 22.4 Å². The molecule has 1 heterocycles. The maximum atomic E-state index is 11.1. The first-order valence-electron chi connectivity index (χ1n) is 3.63. The Morgan fingerprint density at radius 3 is 2.71 bits per heavy atom. The number of carbonyl (C=O) groups excluding carboxylic acids is 1. The number of carbonyl (C=O) groups is 1. The molecule has 1 aliphatic rings. The standard InChI is InChI=1S/C7H4N4O3/c8-5-2-3(11(13)14)1-4-6(5)9-10-7(4)12/h1-2H,8H2. The second-order valence-corrected chi connectivity index (χ2v) is 2.69. The molecule has 2 rings (SSSR count). The number of nitrogen functional groups attached to an aromatic ring is 1. The molecule has 1 aliphatic heterocycles. The Morgan fingerprint density at radius 1 is 1.36 bits per heavy atom. The molecule has 1 aromatic rings. The van der Waals surface area contributed by atoms with Gasteiger partial charge < -0.3 is 5.73 Å². The van der Waals surface area contributed by atoms with E-state index in [9.17, 15) is 14.9 Å². The molecule has 0 bridgehead atoms. The van der Waals surface area contributed by atoms with E-state index >= 15 is 0 Å². The summed E-state index contributed by atoms with van der Waals surface area (Å²) in [6, 6.07) is 2.27. The Morgan fingerprint density at radius 2 is 2.07 bits per heavy atom. The van der Waals surface area contributed by atoms with Crippen LogP contribution in [-0.4, -0.2) is 10.8 Å². The highest BCUT2D eigenvalue weighted by atomic mass is 16.6. The molecule has 0 fully saturated rings. The summed E-state index contributed by atoms with van der Waals surface area (Å²) in [6.07, 6.45) is 0. The third-order valence-corrected chi connectivity index (χ3v) is 1.81. The third kappa shape index (κ3) is 1.03. The number of azo groups is 1. The van der Waals surface area contributed by atoms with Crippen LogP contribution in [0.1, 0.15) is 10.4 Å². The SMILES string of the molecule is Nc1cc([N+](=O)[O-])cc2c1N=NC2=O. The molecule has 0 atom stereocenters. The lowest BCUT2D eigenvalue weighted by Crippen LogP contribution is -1.96. The van der Waals surface area contributed by atoms with Crippen LogP contribution in [0.3, 0.4) is 0 Å². The molecule has 7 nitrogen and oxygen atoms in total. The molecule has 70 valence electrons. The number of nitro groups is 1. The van der Waals surface area contributed by atoms with E-state index < -0.39 is 10.8 Å². The summed E-state index contributed by atoms with van der Waals surface area (Å²) < 4.78 is 0. The average molecular weight is 192 g/mol. The number of hydrogen-bond acceptors (Lipinski definition) is 5. The number of non-ortho nitro benzene ring substituents is 1. The molecular formula is C7H4N4O3. The van der Waals surface area contributed by atoms with E-state index in [0.29, 0.717) is 0 Å². The van der Waals surface area contributed by atoms with Gasteiger partial charge in [-0.25, -0.2) is 0 Å². The van der Waals surface area contributed by atoms with Crippen LogP contribution >= 0.6 is 0 Å². The fraction of sp³-hybridized carbons (Fsp3) is 0. The predicted octanol–water partition coefficient (Wildman–Crippen LogP) is 1.41. The van der Waals surface area contributed by atoms with Gasteiger partial charge in [0, 0.05) is 12.1 Å². The second-order valence-electron chi connectivity index (χ2n) is 2.69. The second kappa shape index (κ2) is 2.59. The van der Waals surface area contributed by atoms with E-state index in [4.69, 9.17) is 5.73 Å². The fourth-order valence-electron chi connectivity index (χ4n) is 1.17. The molecule has 0 aromatic heterocycles. The minimum atomic E-state index is -0.623. The van der Waals surface area contributed by atoms with E-state index in [1.165, 1.54) is 0 Å². The largest absolute Gasteiger partial charge is 0.397 e. The van der Waals surface area contributed by atoms with Gasteiger partial charge in [-0.3, -0.25) is 14.9 Å². The van der Waals surface area contributed by atoms with Crippen molar-refractivity contribution in [3.8, 4) is 0 Å². The van der Waals surface area contributed by atoms with Gasteiger partial charge in [-0.05, 0) is 0 Å². The van der Waals surface area contributed by atoms with Crippen LogP contribution in [0, 0.1) is 10.1 Å². The Bertz CT molecular complexity index is 480. The minimum absolute atomic E-state index is 0.0803. The number of rotatable bonds is 1. The van der Waals surface area contributed by atoms with Crippen LogP contribution in [-0.2, 0) is 0 Å². The van der Waals surface area contributed by atoms with Crippen LogP contribution in [0.4, 0.5) is 17.1 Å². The monoisotopic (exact) mass is 192 g/mol. The Balaban J connectivity index is 2.67. The number of anilines is 1. The summed E-state index contributed by atoms with van der Waals surface area (Å²) in [5.74, 6) is -0.601. The van der Waals surface area contributed by atoms with Crippen molar-refractivity contribution in [2.24, 2.45) is 10.2 Å². The summed E-state index contributed by atoms with van der Waals surface area (Å²) in [4.78, 5) is 20.9. The lowest BCUT2D eigenvalue weighted by molar-refractivity contribution is -0.384. The van der Waals surface area contributed by atoms with E-state index in [-0.39, 0.29) is 22.6 Å². The van der Waals surface area contributed by atoms with E-state index in [2.05, 4.69) is 10.2 Å². The highest BCUT2D eigenvalue weighted by molar-refractivity contribution is 6.05. The normalized spacial score (nSPS) is 13.0. The van der Waals surface area contributed by atoms with Crippen molar-refractivity contribution in [1.29, 1.82) is 0 Å². The first-order chi connectivity index (χ1) is 6.59. The van der Waals surface area contributed by atoms with Crippen molar-refractivity contribution < 1.29 is 9.72 Å². The Kier molecular flexibility index (Phi) is 1.53. The zero-order chi connectivity index (χ0) is 10.3. The van der Waals surface area contributed by atoms with Crippen molar-refractivity contribution in [3.05, 3.63) is 27.8 Å². The highest BCUT2D eigenvalue weighted by Gasteiger charge is 2.23. The zero-order valence-electron chi connectivity index (χ0n) is 6.80. The molecule has 1 amide bonds. The summed E-state index contributed by atoms with van der Waals surface area (Å²) >= 11 is 0. The first-order valence-corrected chi connectivity index (χ1v) is 3.63. The molecule has 0 spiro atoms. The van der Waals surface area contributed by atoms with Crippen LogP contribution < -0.4 is 5.73 Å². The lowest BCUT2D eigenvalue weighted by Gasteiger charge is -1.98. The van der Waals surface area contributed by atoms with Gasteiger partial charge in [0.1, 0.15) is 5.69 Å². The number of benzene rings is 1. The topological polar surface area (TPSA) is 111 Å². The average Bonchev–Trinajstić information content (AvgIpc) is 2.48. The number of nitrogens with zero attached hydrogens (tertiary/aromatic N) is 3. The van der Waals surface area contributed by atoms with Gasteiger partial charge >= 0.3 is 0 Å². The molecule has 7 heteroatoms. The summed E-state index contributed by atoms with van der Waals surface area (Å²) in [5, 5.41) is 17.2. The van der Waals surface area contributed by atoms with Crippen LogP contribution in [0.25, 0.3) is 0 Å². The van der Waals surface area contributed by atoms with Gasteiger partial charge in [0.25, 0.3) is 11.6 Å². The number of hydrogen-bond donors (Lipinski definition) is 1. The smallest absolute Gasteiger partial charge is 0.298 e. The zero-order valence-corrected chi connectivity index (χ0v) is 6.80. The molecular weight excluding hydrogens is 188 g/mol. The molecule has 0 saturated heterocycles. The van der Waals surface area contributed by atoms with Crippen molar-refractivity contribution in [2.45, 2.75) is 0 Å². The van der Waals surface area contributed by atoms with Crippen molar-refractivity contribution in [2.75, 3.05) is 5.73 Å². The molecule has 1 aromatic carbocycles. The Labute approximate surface area is 77.4 Å². The first kappa shape index (κ1) is 8.30. The molecule has 2 N–H and O–H groups in total. The Hall–Kier alpha value is -2.31. The quantitative estimate of drug-likeness (QED) is 0.411. The number of amides is 1. The van der Waals surface area contributed by atoms with Gasteiger partial charge in [-0.15, -0.1) is 10.2 Å². The van der Waals surface area contributed by atoms with Crippen molar-refractivity contribution in [1.82, 2.24) is 0 Å². The van der Waals surface area contributed by atoms with Gasteiger partial charge in [-0.1, -0.05) is 0 Å². The van der Waals surface area contributed by atoms with Crippen LogP contribution in [0.2, 0.25) is 0 Å². The third-order valence-electron chi connectivity index (χ3n) is 1.81. The summed E-state index contributed by atoms with van der Waals surface area (Å²) in [6.45, 7) is 0. The van der Waals surface area contributed by atoms with E-state index in [1.807, 2.05) is 0 Å². The summed E-state index contributed by atoms with van der Waals surface area (Å²) in [5.41, 5.74) is 5.60. The highest BCUT2D eigenvalue weighted by Crippen LogP contribution is 2.36. The van der Waals surface area contributed by atoms with Crippen molar-refractivity contribution in [3.63, 3.8) is 0 Å². The molecule has 0 saturated carbocycles. The maximum Gasteiger partial charge on any atom is 0.298 e. The van der Waals surface area contributed by atoms with Crippen LogP contribution in [0.5, 0.6) is 0 Å². The number of fused-ring (bicyclic) bond motifs is 1. The lowest BCUT2D eigenvalue weighted by atomic mass is 10.1. The molecule has 0 radical (unpaired) electrons. The number of nitro benzene ring substituents is 1. The number of nitrogens with two attached hydrogens (primary N) is 1. The van der Waals surface area contributed by atoms with Gasteiger partial charge in [-0.2, -0.15) is 0 Å². The molecule has 14 heavy (non-hydrogen) atoms. The fourth-order valence-corrected chi connectivity index (χ4v) is 1.17. The van der Waals surface area contributed by atoms with Gasteiger partial charge in [0.2, 0.25) is 0 Å². The van der Waals surface area contributed by atoms with Gasteiger partial charge in [0.05, 0.1) is 16.2 Å². The minimum Gasteiger partial charge on any atom is -0.397 e. The van der Waals surface area contributed by atoms with E-state index in [1.54, 1.807) is 0 Å². The van der Waals surface area contributed by atoms with E-state index in [0.717, 1.165) is 12.1 Å². The molecule has 0 unspecified atom stereocenters. The molecule has 0 aliphatic carbocycles. The predicted molar refractivity (Wildman–Crippen MR) is 46.4 cm³/mol.